The Kier molecular flexibility index (Phi) is 4.67. The van der Waals surface area contributed by atoms with Gasteiger partial charge in [0, 0.05) is 25.4 Å². The molecular weight excluding hydrogens is 421 g/mol. The van der Waals surface area contributed by atoms with E-state index >= 15 is 0 Å². The molecule has 2 aliphatic rings. The zero-order chi connectivity index (χ0) is 22.4. The molecule has 5 aromatic heterocycles. The monoisotopic (exact) mass is 443 g/mol. The van der Waals surface area contributed by atoms with E-state index < -0.39 is 0 Å². The molecule has 1 aliphatic heterocycles. The third kappa shape index (κ3) is 3.65. The van der Waals surface area contributed by atoms with Crippen LogP contribution in [0.4, 0.5) is 4.39 Å². The number of H-pyrrole nitrogens is 1. The van der Waals surface area contributed by atoms with Crippen molar-refractivity contribution in [3.63, 3.8) is 0 Å². The van der Waals surface area contributed by atoms with Crippen LogP contribution in [0.1, 0.15) is 46.1 Å². The molecule has 166 valence electrons. The first kappa shape index (κ1) is 19.7. The lowest BCUT2D eigenvalue weighted by molar-refractivity contribution is 0.0734. The number of nitrogens with zero attached hydrogens (tertiary/aromatic N) is 6. The number of aromatic nitrogens is 6. The van der Waals surface area contributed by atoms with E-state index in [1.165, 1.54) is 29.0 Å². The minimum Gasteiger partial charge on any atom is -0.347 e. The van der Waals surface area contributed by atoms with Gasteiger partial charge in [-0.3, -0.25) is 4.79 Å². The van der Waals surface area contributed by atoms with Gasteiger partial charge in [0.25, 0.3) is 5.91 Å². The molecule has 0 unspecified atom stereocenters. The molecule has 6 heterocycles. The van der Waals surface area contributed by atoms with E-state index in [2.05, 4.69) is 32.4 Å². The number of pyridine rings is 2. The van der Waals surface area contributed by atoms with Crippen molar-refractivity contribution in [2.75, 3.05) is 6.54 Å². The maximum atomic E-state index is 12.9. The molecule has 8 nitrogen and oxygen atoms in total. The first-order chi connectivity index (χ1) is 16.2. The highest BCUT2D eigenvalue weighted by Gasteiger charge is 2.27. The second-order valence-electron chi connectivity index (χ2n) is 8.45. The molecule has 9 heteroatoms. The van der Waals surface area contributed by atoms with Crippen molar-refractivity contribution in [2.45, 2.75) is 31.7 Å². The van der Waals surface area contributed by atoms with Crippen LogP contribution in [0.15, 0.2) is 61.4 Å². The van der Waals surface area contributed by atoms with Gasteiger partial charge in [-0.05, 0) is 48.6 Å². The lowest BCUT2D eigenvalue weighted by atomic mass is 10.1. The van der Waals surface area contributed by atoms with Gasteiger partial charge in [0.15, 0.2) is 0 Å². The van der Waals surface area contributed by atoms with Gasteiger partial charge < -0.3 is 9.88 Å². The molecule has 7 rings (SSSR count). The Hall–Kier alpha value is -4.01. The molecule has 1 N–H and O–H groups in total. The summed E-state index contributed by atoms with van der Waals surface area (Å²) in [5.41, 5.74) is 5.51. The molecule has 0 atom stereocenters. The number of rotatable bonds is 2. The van der Waals surface area contributed by atoms with Crippen LogP contribution >= 0.6 is 0 Å². The summed E-state index contributed by atoms with van der Waals surface area (Å²) in [4.78, 5) is 22.2. The molecule has 5 aromatic rings. The van der Waals surface area contributed by atoms with Crippen LogP contribution in [0.5, 0.6) is 0 Å². The van der Waals surface area contributed by atoms with E-state index in [1.54, 1.807) is 37.1 Å². The Balaban J connectivity index is 0.000000173. The predicted octanol–water partition coefficient (Wildman–Crippen LogP) is 3.61. The minimum absolute atomic E-state index is 0.0411. The normalized spacial score (nSPS) is 15.4. The standard InChI is InChI=1S/C17H17N5O.C7H5FN2/c23-17(21-6-5-14-15(9-21)19-10-18-14)13-7-20-22-8-12(11-1-2-11)3-4-16(13)22;8-6-2-1-5-10-7(6)3-4-9-10/h3-4,7-8,10-11H,1-2,5-6,9H2,(H,18,19);1-5H. The van der Waals surface area contributed by atoms with E-state index in [1.807, 2.05) is 15.5 Å². The quantitative estimate of drug-likeness (QED) is 0.452. The Labute approximate surface area is 188 Å². The maximum Gasteiger partial charge on any atom is 0.258 e. The first-order valence-electron chi connectivity index (χ1n) is 11.0. The highest BCUT2D eigenvalue weighted by molar-refractivity contribution is 6.00. The van der Waals surface area contributed by atoms with Gasteiger partial charge in [-0.2, -0.15) is 10.2 Å². The summed E-state index contributed by atoms with van der Waals surface area (Å²) in [6, 6.07) is 8.83. The topological polar surface area (TPSA) is 83.6 Å². The van der Waals surface area contributed by atoms with Crippen LogP contribution < -0.4 is 0 Å². The van der Waals surface area contributed by atoms with Crippen LogP contribution in [0.3, 0.4) is 0 Å². The highest BCUT2D eigenvalue weighted by Crippen LogP contribution is 2.40. The molecule has 1 aliphatic carbocycles. The summed E-state index contributed by atoms with van der Waals surface area (Å²) in [6.07, 6.45) is 12.1. The molecule has 0 radical (unpaired) electrons. The van der Waals surface area contributed by atoms with Crippen LogP contribution in [0.25, 0.3) is 11.0 Å². The molecular formula is C24H22FN7O. The molecule has 33 heavy (non-hydrogen) atoms. The first-order valence-corrected chi connectivity index (χ1v) is 11.0. The van der Waals surface area contributed by atoms with Crippen molar-refractivity contribution in [1.82, 2.24) is 34.1 Å². The van der Waals surface area contributed by atoms with Crippen LogP contribution in [0.2, 0.25) is 0 Å². The lowest BCUT2D eigenvalue weighted by Crippen LogP contribution is -2.36. The fraction of sp³-hybridized carbons (Fsp3) is 0.250. The second kappa shape index (κ2) is 7.84. The Morgan fingerprint density at radius 1 is 1.09 bits per heavy atom. The van der Waals surface area contributed by atoms with Gasteiger partial charge >= 0.3 is 0 Å². The van der Waals surface area contributed by atoms with Gasteiger partial charge in [-0.1, -0.05) is 6.07 Å². The third-order valence-electron chi connectivity index (χ3n) is 6.27. The van der Waals surface area contributed by atoms with E-state index in [0.717, 1.165) is 23.3 Å². The van der Waals surface area contributed by atoms with Crippen molar-refractivity contribution in [3.05, 3.63) is 89.8 Å². The zero-order valence-corrected chi connectivity index (χ0v) is 17.9. The van der Waals surface area contributed by atoms with E-state index in [0.29, 0.717) is 30.1 Å². The number of aromatic amines is 1. The van der Waals surface area contributed by atoms with E-state index in [4.69, 9.17) is 0 Å². The van der Waals surface area contributed by atoms with E-state index in [9.17, 15) is 9.18 Å². The van der Waals surface area contributed by atoms with E-state index in [-0.39, 0.29) is 11.7 Å². The second-order valence-corrected chi connectivity index (χ2v) is 8.45. The Morgan fingerprint density at radius 3 is 2.85 bits per heavy atom. The van der Waals surface area contributed by atoms with Crippen molar-refractivity contribution in [3.8, 4) is 0 Å². The van der Waals surface area contributed by atoms with Crippen LogP contribution in [-0.2, 0) is 13.0 Å². The Morgan fingerprint density at radius 2 is 2.00 bits per heavy atom. The number of amides is 1. The molecule has 1 amide bonds. The summed E-state index contributed by atoms with van der Waals surface area (Å²) in [7, 11) is 0. The number of nitrogens with one attached hydrogen (secondary N) is 1. The summed E-state index contributed by atoms with van der Waals surface area (Å²) in [5.74, 6) is 0.489. The number of imidazole rings is 1. The van der Waals surface area contributed by atoms with Gasteiger partial charge in [0.2, 0.25) is 0 Å². The summed E-state index contributed by atoms with van der Waals surface area (Å²) in [5, 5.41) is 8.24. The number of fused-ring (bicyclic) bond motifs is 3. The van der Waals surface area contributed by atoms with Gasteiger partial charge in [-0.25, -0.2) is 18.4 Å². The molecule has 1 fully saturated rings. The number of carbonyl (C=O) groups is 1. The number of hydrogen-bond donors (Lipinski definition) is 1. The smallest absolute Gasteiger partial charge is 0.258 e. The molecule has 0 aromatic carbocycles. The lowest BCUT2D eigenvalue weighted by Gasteiger charge is -2.25. The van der Waals surface area contributed by atoms with Crippen LogP contribution in [-0.4, -0.2) is 46.5 Å². The van der Waals surface area contributed by atoms with Gasteiger partial charge in [-0.15, -0.1) is 0 Å². The predicted molar refractivity (Wildman–Crippen MR) is 119 cm³/mol. The average molecular weight is 443 g/mol. The minimum atomic E-state index is -0.236. The zero-order valence-electron chi connectivity index (χ0n) is 17.9. The largest absolute Gasteiger partial charge is 0.347 e. The Bertz CT molecular complexity index is 1460. The van der Waals surface area contributed by atoms with Crippen LogP contribution in [0, 0.1) is 5.82 Å². The maximum absolute atomic E-state index is 12.9. The molecule has 0 spiro atoms. The number of carbonyl (C=O) groups excluding carboxylic acids is 1. The van der Waals surface area contributed by atoms with Gasteiger partial charge in [0.1, 0.15) is 11.3 Å². The van der Waals surface area contributed by atoms with Crippen molar-refractivity contribution < 1.29 is 9.18 Å². The summed E-state index contributed by atoms with van der Waals surface area (Å²) >= 11 is 0. The van der Waals surface area contributed by atoms with Gasteiger partial charge in [0.05, 0.1) is 47.7 Å². The number of halogens is 1. The fourth-order valence-electron chi connectivity index (χ4n) is 4.30. The summed E-state index contributed by atoms with van der Waals surface area (Å²) in [6.45, 7) is 1.29. The fourth-order valence-corrected chi connectivity index (χ4v) is 4.30. The van der Waals surface area contributed by atoms with Crippen molar-refractivity contribution in [2.24, 2.45) is 0 Å². The molecule has 0 bridgehead atoms. The molecule has 1 saturated carbocycles. The SMILES string of the molecule is Fc1cccn2nccc12.O=C(c1cnn2cc(C3CC3)ccc12)N1CCc2nc[nH]c2C1. The molecule has 0 saturated heterocycles. The number of hydrogen-bond acceptors (Lipinski definition) is 4. The third-order valence-corrected chi connectivity index (χ3v) is 6.27. The average Bonchev–Trinajstić information content (AvgIpc) is 3.23. The summed E-state index contributed by atoms with van der Waals surface area (Å²) < 4.78 is 16.1. The van der Waals surface area contributed by atoms with Crippen molar-refractivity contribution in [1.29, 1.82) is 0 Å². The van der Waals surface area contributed by atoms with Crippen molar-refractivity contribution >= 4 is 16.9 Å². The highest BCUT2D eigenvalue weighted by atomic mass is 19.1.